The van der Waals surface area contributed by atoms with E-state index in [0.717, 1.165) is 0 Å². The highest BCUT2D eigenvalue weighted by Crippen LogP contribution is 2.32. The molecule has 0 aliphatic carbocycles. The second-order valence-electron chi connectivity index (χ2n) is 5.19. The van der Waals surface area contributed by atoms with Crippen LogP contribution in [0.5, 0.6) is 0 Å². The molecule has 1 aliphatic rings. The molecule has 2 heterocycles. The lowest BCUT2D eigenvalue weighted by Crippen LogP contribution is -2.47. The number of amidine groups is 1. The van der Waals surface area contributed by atoms with Crippen molar-refractivity contribution >= 4 is 23.3 Å². The van der Waals surface area contributed by atoms with E-state index in [4.69, 9.17) is 22.5 Å². The topological polar surface area (TPSA) is 91.8 Å². The Bertz CT molecular complexity index is 539. The summed E-state index contributed by atoms with van der Waals surface area (Å²) in [6.07, 6.45) is 4.30. The van der Waals surface area contributed by atoms with E-state index in [1.807, 2.05) is 6.92 Å². The molecular formula is C13H17ClN4O2. The van der Waals surface area contributed by atoms with Gasteiger partial charge in [0.05, 0.1) is 10.6 Å². The number of carbonyl (C=O) groups is 1. The van der Waals surface area contributed by atoms with E-state index in [9.17, 15) is 4.79 Å². The summed E-state index contributed by atoms with van der Waals surface area (Å²) in [5.74, 6) is 0.102. The molecule has 1 aliphatic heterocycles. The normalized spacial score (nSPS) is 18.9. The zero-order valence-corrected chi connectivity index (χ0v) is 12.0. The Morgan fingerprint density at radius 3 is 2.75 bits per heavy atom. The van der Waals surface area contributed by atoms with Gasteiger partial charge in [-0.3, -0.25) is 9.78 Å². The van der Waals surface area contributed by atoms with Crippen LogP contribution in [0.1, 0.15) is 30.1 Å². The summed E-state index contributed by atoms with van der Waals surface area (Å²) >= 11 is 5.99. The first-order valence-corrected chi connectivity index (χ1v) is 6.72. The van der Waals surface area contributed by atoms with E-state index < -0.39 is 0 Å². The molecule has 6 nitrogen and oxygen atoms in total. The molecule has 3 N–H and O–H groups in total. The van der Waals surface area contributed by atoms with Crippen LogP contribution in [0.25, 0.3) is 0 Å². The maximum atomic E-state index is 12.4. The predicted molar refractivity (Wildman–Crippen MR) is 75.9 cm³/mol. The van der Waals surface area contributed by atoms with E-state index >= 15 is 0 Å². The number of hydrogen-bond donors (Lipinski definition) is 2. The SMILES string of the molecule is CC1(/C(N)=N/O)CCN(C(=O)c2ccncc2Cl)CC1. The zero-order chi connectivity index (χ0) is 14.8. The number of amides is 1. The number of likely N-dealkylation sites (tertiary alicyclic amines) is 1. The average molecular weight is 297 g/mol. The smallest absolute Gasteiger partial charge is 0.255 e. The van der Waals surface area contributed by atoms with Gasteiger partial charge >= 0.3 is 0 Å². The monoisotopic (exact) mass is 296 g/mol. The molecule has 0 spiro atoms. The highest BCUT2D eigenvalue weighted by atomic mass is 35.5. The second kappa shape index (κ2) is 5.66. The second-order valence-corrected chi connectivity index (χ2v) is 5.60. The van der Waals surface area contributed by atoms with Gasteiger partial charge < -0.3 is 15.8 Å². The molecule has 1 fully saturated rings. The van der Waals surface area contributed by atoms with E-state index in [1.54, 1.807) is 17.2 Å². The molecule has 1 aromatic rings. The van der Waals surface area contributed by atoms with E-state index in [-0.39, 0.29) is 17.2 Å². The van der Waals surface area contributed by atoms with Crippen LogP contribution in [-0.2, 0) is 0 Å². The first-order chi connectivity index (χ1) is 9.48. The molecule has 108 valence electrons. The predicted octanol–water partition coefficient (Wildman–Crippen LogP) is 1.72. The maximum absolute atomic E-state index is 12.4. The molecule has 0 atom stereocenters. The van der Waals surface area contributed by atoms with Gasteiger partial charge in [-0.15, -0.1) is 0 Å². The Morgan fingerprint density at radius 2 is 2.20 bits per heavy atom. The van der Waals surface area contributed by atoms with E-state index in [2.05, 4.69) is 10.1 Å². The third-order valence-electron chi connectivity index (χ3n) is 3.88. The lowest BCUT2D eigenvalue weighted by molar-refractivity contribution is 0.0666. The summed E-state index contributed by atoms with van der Waals surface area (Å²) in [7, 11) is 0. The van der Waals surface area contributed by atoms with Crippen molar-refractivity contribution in [3.05, 3.63) is 29.0 Å². The van der Waals surface area contributed by atoms with Crippen molar-refractivity contribution < 1.29 is 10.0 Å². The Kier molecular flexibility index (Phi) is 4.13. The molecule has 0 radical (unpaired) electrons. The van der Waals surface area contributed by atoms with E-state index in [1.165, 1.54) is 6.20 Å². The van der Waals surface area contributed by atoms with Crippen molar-refractivity contribution in [3.63, 3.8) is 0 Å². The van der Waals surface area contributed by atoms with Crippen molar-refractivity contribution in [2.45, 2.75) is 19.8 Å². The highest BCUT2D eigenvalue weighted by molar-refractivity contribution is 6.33. The molecule has 0 saturated carbocycles. The average Bonchev–Trinajstić information content (AvgIpc) is 2.47. The van der Waals surface area contributed by atoms with Gasteiger partial charge in [-0.2, -0.15) is 0 Å². The van der Waals surface area contributed by atoms with Crippen LogP contribution in [0.15, 0.2) is 23.6 Å². The summed E-state index contributed by atoms with van der Waals surface area (Å²) in [6, 6.07) is 1.61. The Hall–Kier alpha value is -1.82. The van der Waals surface area contributed by atoms with Gasteiger partial charge in [0.2, 0.25) is 0 Å². The molecule has 1 amide bonds. The molecule has 0 bridgehead atoms. The van der Waals surface area contributed by atoms with Crippen molar-refractivity contribution in [1.29, 1.82) is 0 Å². The fourth-order valence-electron chi connectivity index (χ4n) is 2.30. The lowest BCUT2D eigenvalue weighted by atomic mass is 9.79. The minimum Gasteiger partial charge on any atom is -0.409 e. The van der Waals surface area contributed by atoms with Gasteiger partial charge in [0, 0.05) is 30.9 Å². The highest BCUT2D eigenvalue weighted by Gasteiger charge is 2.36. The Labute approximate surface area is 122 Å². The van der Waals surface area contributed by atoms with Gasteiger partial charge in [0.15, 0.2) is 0 Å². The molecule has 1 aromatic heterocycles. The van der Waals surface area contributed by atoms with Gasteiger partial charge in [0.1, 0.15) is 5.84 Å². The van der Waals surface area contributed by atoms with Crippen LogP contribution in [0, 0.1) is 5.41 Å². The molecule has 0 unspecified atom stereocenters. The van der Waals surface area contributed by atoms with Crippen LogP contribution < -0.4 is 5.73 Å². The number of carbonyl (C=O) groups excluding carboxylic acids is 1. The van der Waals surface area contributed by atoms with Crippen LogP contribution in [0.2, 0.25) is 5.02 Å². The number of aromatic nitrogens is 1. The van der Waals surface area contributed by atoms with Crippen molar-refractivity contribution in [3.8, 4) is 0 Å². The van der Waals surface area contributed by atoms with Gasteiger partial charge in [-0.25, -0.2) is 0 Å². The standard InChI is InChI=1S/C13H17ClN4O2/c1-13(12(15)17-20)3-6-18(7-4-13)11(19)9-2-5-16-8-10(9)14/h2,5,8,20H,3-4,6-7H2,1H3,(H2,15,17). The van der Waals surface area contributed by atoms with Crippen LogP contribution in [0.3, 0.4) is 0 Å². The van der Waals surface area contributed by atoms with E-state index in [0.29, 0.717) is 36.5 Å². The Morgan fingerprint density at radius 1 is 1.55 bits per heavy atom. The fraction of sp³-hybridized carbons (Fsp3) is 0.462. The number of halogens is 1. The number of rotatable bonds is 2. The Balaban J connectivity index is 2.08. The summed E-state index contributed by atoms with van der Waals surface area (Å²) < 4.78 is 0. The summed E-state index contributed by atoms with van der Waals surface area (Å²) in [5, 5.41) is 12.2. The summed E-state index contributed by atoms with van der Waals surface area (Å²) in [4.78, 5) is 18.0. The van der Waals surface area contributed by atoms with Crippen LogP contribution >= 0.6 is 11.6 Å². The minimum atomic E-state index is -0.367. The minimum absolute atomic E-state index is 0.112. The number of pyridine rings is 1. The summed E-state index contributed by atoms with van der Waals surface area (Å²) in [6.45, 7) is 3.03. The lowest BCUT2D eigenvalue weighted by Gasteiger charge is -2.38. The molecule has 0 aromatic carbocycles. The molecule has 1 saturated heterocycles. The van der Waals surface area contributed by atoms with Gasteiger partial charge in [0.25, 0.3) is 5.91 Å². The van der Waals surface area contributed by atoms with Gasteiger partial charge in [-0.05, 0) is 18.9 Å². The first-order valence-electron chi connectivity index (χ1n) is 6.35. The third-order valence-corrected chi connectivity index (χ3v) is 4.18. The van der Waals surface area contributed by atoms with Crippen molar-refractivity contribution in [2.24, 2.45) is 16.3 Å². The zero-order valence-electron chi connectivity index (χ0n) is 11.2. The fourth-order valence-corrected chi connectivity index (χ4v) is 2.50. The number of nitrogens with zero attached hydrogens (tertiary/aromatic N) is 3. The quantitative estimate of drug-likeness (QED) is 0.376. The number of piperidine rings is 1. The molecule has 7 heteroatoms. The first kappa shape index (κ1) is 14.6. The van der Waals surface area contributed by atoms with Gasteiger partial charge in [-0.1, -0.05) is 23.7 Å². The van der Waals surface area contributed by atoms with Crippen LogP contribution in [-0.4, -0.2) is 39.9 Å². The van der Waals surface area contributed by atoms with Crippen LogP contribution in [0.4, 0.5) is 0 Å². The summed E-state index contributed by atoms with van der Waals surface area (Å²) in [5.41, 5.74) is 5.79. The number of hydrogen-bond acceptors (Lipinski definition) is 4. The van der Waals surface area contributed by atoms with Crippen molar-refractivity contribution in [2.75, 3.05) is 13.1 Å². The molecular weight excluding hydrogens is 280 g/mol. The third kappa shape index (κ3) is 2.70. The maximum Gasteiger partial charge on any atom is 0.255 e. The molecule has 2 rings (SSSR count). The molecule has 20 heavy (non-hydrogen) atoms. The largest absolute Gasteiger partial charge is 0.409 e. The van der Waals surface area contributed by atoms with Crippen molar-refractivity contribution in [1.82, 2.24) is 9.88 Å². The number of oxime groups is 1. The number of nitrogens with two attached hydrogens (primary N) is 1.